The molecule has 0 aliphatic heterocycles. The van der Waals surface area contributed by atoms with Crippen LogP contribution in [-0.4, -0.2) is 20.7 Å². The third-order valence-electron chi connectivity index (χ3n) is 3.80. The first-order chi connectivity index (χ1) is 9.96. The Hall–Kier alpha value is -1.61. The van der Waals surface area contributed by atoms with Gasteiger partial charge in [0.15, 0.2) is 0 Å². The zero-order chi connectivity index (χ0) is 15.3. The molecule has 0 spiro atoms. The van der Waals surface area contributed by atoms with Crippen molar-refractivity contribution in [2.45, 2.75) is 52.1 Å². The molecule has 3 heteroatoms. The van der Waals surface area contributed by atoms with E-state index in [1.165, 1.54) is 5.69 Å². The van der Waals surface area contributed by atoms with Crippen molar-refractivity contribution in [1.82, 2.24) is 9.97 Å². The Morgan fingerprint density at radius 1 is 1.24 bits per heavy atom. The lowest BCUT2D eigenvalue weighted by atomic mass is 9.93. The predicted molar refractivity (Wildman–Crippen MR) is 87.0 cm³/mol. The van der Waals surface area contributed by atoms with Crippen LogP contribution in [0.3, 0.4) is 0 Å². The van der Waals surface area contributed by atoms with Crippen molar-refractivity contribution >= 4 is 0 Å². The number of imidazole rings is 1. The molecule has 0 aliphatic rings. The summed E-state index contributed by atoms with van der Waals surface area (Å²) in [5.74, 6) is 0.579. The molecule has 2 N–H and O–H groups in total. The van der Waals surface area contributed by atoms with Crippen molar-refractivity contribution in [3.63, 3.8) is 0 Å². The first-order valence-corrected chi connectivity index (χ1v) is 7.76. The highest BCUT2D eigenvalue weighted by atomic mass is 16.3. The Morgan fingerprint density at radius 2 is 1.95 bits per heavy atom. The maximum Gasteiger partial charge on any atom is 0.0929 e. The molecule has 0 saturated carbocycles. The van der Waals surface area contributed by atoms with Crippen LogP contribution in [0.5, 0.6) is 0 Å². The summed E-state index contributed by atoms with van der Waals surface area (Å²) in [6, 6.07) is 10.3. The summed E-state index contributed by atoms with van der Waals surface area (Å²) in [6.07, 6.45) is 5.81. The second-order valence-corrected chi connectivity index (χ2v) is 6.61. The van der Waals surface area contributed by atoms with Gasteiger partial charge in [-0.1, -0.05) is 50.1 Å². The van der Waals surface area contributed by atoms with E-state index in [2.05, 4.69) is 29.0 Å². The van der Waals surface area contributed by atoms with Crippen molar-refractivity contribution in [1.29, 1.82) is 0 Å². The van der Waals surface area contributed by atoms with Crippen LogP contribution in [-0.2, 0) is 6.42 Å². The minimum Gasteiger partial charge on any atom is -0.390 e. The summed E-state index contributed by atoms with van der Waals surface area (Å²) in [7, 11) is 0. The summed E-state index contributed by atoms with van der Waals surface area (Å²) in [5.41, 5.74) is 2.88. The molecule has 1 unspecified atom stereocenters. The van der Waals surface area contributed by atoms with E-state index in [-0.39, 0.29) is 0 Å². The van der Waals surface area contributed by atoms with Crippen LogP contribution in [0.25, 0.3) is 11.3 Å². The van der Waals surface area contributed by atoms with Crippen molar-refractivity contribution in [2.75, 3.05) is 0 Å². The fraction of sp³-hybridized carbons (Fsp3) is 0.500. The van der Waals surface area contributed by atoms with Gasteiger partial charge < -0.3 is 10.1 Å². The molecule has 1 atom stereocenters. The van der Waals surface area contributed by atoms with Crippen molar-refractivity contribution < 1.29 is 5.11 Å². The molecule has 2 rings (SSSR count). The number of aliphatic hydroxyl groups is 1. The molecule has 1 heterocycles. The topological polar surface area (TPSA) is 48.9 Å². The van der Waals surface area contributed by atoms with E-state index in [0.717, 1.165) is 36.9 Å². The number of hydrogen-bond donors (Lipinski definition) is 2. The first kappa shape index (κ1) is 15.8. The lowest BCUT2D eigenvalue weighted by Crippen LogP contribution is -2.18. The van der Waals surface area contributed by atoms with Gasteiger partial charge in [-0.05, 0) is 32.6 Å². The van der Waals surface area contributed by atoms with Crippen molar-refractivity contribution in [3.8, 4) is 11.3 Å². The average molecular weight is 286 g/mol. The normalized spacial score (nSPS) is 13.3. The molecular weight excluding hydrogens is 260 g/mol. The Balaban J connectivity index is 1.93. The summed E-state index contributed by atoms with van der Waals surface area (Å²) in [4.78, 5) is 7.74. The largest absolute Gasteiger partial charge is 0.390 e. The zero-order valence-corrected chi connectivity index (χ0v) is 13.3. The van der Waals surface area contributed by atoms with Gasteiger partial charge in [-0.3, -0.25) is 0 Å². The summed E-state index contributed by atoms with van der Waals surface area (Å²) < 4.78 is 0. The van der Waals surface area contributed by atoms with Crippen LogP contribution < -0.4 is 0 Å². The molecule has 0 fully saturated rings. The fourth-order valence-corrected chi connectivity index (χ4v) is 2.66. The van der Waals surface area contributed by atoms with Gasteiger partial charge in [0.1, 0.15) is 0 Å². The van der Waals surface area contributed by atoms with Gasteiger partial charge in [-0.2, -0.15) is 0 Å². The van der Waals surface area contributed by atoms with Crippen LogP contribution >= 0.6 is 0 Å². The lowest BCUT2D eigenvalue weighted by molar-refractivity contribution is 0.0670. The molecular formula is C18H26N2O. The van der Waals surface area contributed by atoms with Crippen molar-refractivity contribution in [3.05, 3.63) is 42.4 Å². The molecule has 21 heavy (non-hydrogen) atoms. The van der Waals surface area contributed by atoms with E-state index < -0.39 is 5.60 Å². The van der Waals surface area contributed by atoms with E-state index in [4.69, 9.17) is 0 Å². The standard InChI is InChI=1S/C18H26N2O/c1-14(8-7-11-18(2,3)21)12-16-17(20-13-19-16)15-9-5-4-6-10-15/h4-6,9-10,13-14,21H,7-8,11-12H2,1-3H3,(H,19,20). The minimum atomic E-state index is -0.553. The van der Waals surface area contributed by atoms with Gasteiger partial charge in [0.2, 0.25) is 0 Å². The van der Waals surface area contributed by atoms with E-state index in [0.29, 0.717) is 5.92 Å². The van der Waals surface area contributed by atoms with E-state index >= 15 is 0 Å². The third kappa shape index (κ3) is 5.01. The van der Waals surface area contributed by atoms with Gasteiger partial charge in [0, 0.05) is 11.3 Å². The molecule has 1 aromatic carbocycles. The highest BCUT2D eigenvalue weighted by Gasteiger charge is 2.15. The Kier molecular flexibility index (Phi) is 5.18. The van der Waals surface area contributed by atoms with Crippen LogP contribution in [0, 0.1) is 5.92 Å². The second-order valence-electron chi connectivity index (χ2n) is 6.61. The predicted octanol–water partition coefficient (Wildman–Crippen LogP) is 4.20. The number of hydrogen-bond acceptors (Lipinski definition) is 2. The van der Waals surface area contributed by atoms with Crippen LogP contribution in [0.4, 0.5) is 0 Å². The van der Waals surface area contributed by atoms with Crippen LogP contribution in [0.1, 0.15) is 45.7 Å². The Morgan fingerprint density at radius 3 is 2.62 bits per heavy atom. The fourth-order valence-electron chi connectivity index (χ4n) is 2.66. The first-order valence-electron chi connectivity index (χ1n) is 7.76. The summed E-state index contributed by atoms with van der Waals surface area (Å²) in [5, 5.41) is 9.76. The number of nitrogens with zero attached hydrogens (tertiary/aromatic N) is 1. The zero-order valence-electron chi connectivity index (χ0n) is 13.3. The number of nitrogens with one attached hydrogen (secondary N) is 1. The van der Waals surface area contributed by atoms with Crippen LogP contribution in [0.15, 0.2) is 36.7 Å². The third-order valence-corrected chi connectivity index (χ3v) is 3.80. The Bertz CT molecular complexity index is 540. The molecule has 1 aromatic heterocycles. The molecule has 0 saturated heterocycles. The van der Waals surface area contributed by atoms with E-state index in [1.807, 2.05) is 32.0 Å². The maximum atomic E-state index is 9.76. The quantitative estimate of drug-likeness (QED) is 0.801. The molecule has 0 amide bonds. The van der Waals surface area contributed by atoms with E-state index in [9.17, 15) is 5.11 Å². The molecule has 3 nitrogen and oxygen atoms in total. The second kappa shape index (κ2) is 6.90. The highest BCUT2D eigenvalue weighted by Crippen LogP contribution is 2.24. The SMILES string of the molecule is CC(CCCC(C)(C)O)Cc1[nH]cnc1-c1ccccc1. The smallest absolute Gasteiger partial charge is 0.0929 e. The van der Waals surface area contributed by atoms with Gasteiger partial charge in [0.05, 0.1) is 17.6 Å². The minimum absolute atomic E-state index is 0.553. The molecule has 0 aliphatic carbocycles. The molecule has 2 aromatic rings. The molecule has 0 radical (unpaired) electrons. The molecule has 114 valence electrons. The highest BCUT2D eigenvalue weighted by molar-refractivity contribution is 5.61. The lowest BCUT2D eigenvalue weighted by Gasteiger charge is -2.18. The Labute approximate surface area is 127 Å². The number of H-pyrrole nitrogens is 1. The number of aromatic amines is 1. The monoisotopic (exact) mass is 286 g/mol. The van der Waals surface area contributed by atoms with Gasteiger partial charge in [0.25, 0.3) is 0 Å². The van der Waals surface area contributed by atoms with Gasteiger partial charge >= 0.3 is 0 Å². The number of benzene rings is 1. The number of rotatable bonds is 7. The van der Waals surface area contributed by atoms with Crippen molar-refractivity contribution in [2.24, 2.45) is 5.92 Å². The maximum absolute atomic E-state index is 9.76. The average Bonchev–Trinajstić information content (AvgIpc) is 2.86. The van der Waals surface area contributed by atoms with E-state index in [1.54, 1.807) is 6.33 Å². The summed E-state index contributed by atoms with van der Waals surface area (Å²) >= 11 is 0. The number of aromatic nitrogens is 2. The summed E-state index contributed by atoms with van der Waals surface area (Å²) in [6.45, 7) is 6.01. The van der Waals surface area contributed by atoms with Crippen LogP contribution in [0.2, 0.25) is 0 Å². The van der Waals surface area contributed by atoms with Gasteiger partial charge in [-0.25, -0.2) is 4.98 Å². The van der Waals surface area contributed by atoms with Gasteiger partial charge in [-0.15, -0.1) is 0 Å². The molecule has 0 bridgehead atoms.